The van der Waals surface area contributed by atoms with Crippen molar-refractivity contribution in [3.8, 4) is 5.75 Å². The van der Waals surface area contributed by atoms with Crippen LogP contribution in [0.15, 0.2) is 36.4 Å². The standard InChI is InChI=1S/C19H22N2O3/c1-5-24-16-8-6-15(7-9-16)20-18(22)19(23)21-17-13(3)10-12(2)11-14(17)4/h6-11H,5H2,1-4H3,(H,20,22)(H,21,23). The SMILES string of the molecule is CCOc1ccc(NC(=O)C(=O)Nc2c(C)cc(C)cc2C)cc1. The normalized spacial score (nSPS) is 10.2. The van der Waals surface area contributed by atoms with Crippen LogP contribution in [0.3, 0.4) is 0 Å². The van der Waals surface area contributed by atoms with Crippen LogP contribution in [0.2, 0.25) is 0 Å². The zero-order chi connectivity index (χ0) is 17.7. The van der Waals surface area contributed by atoms with Gasteiger partial charge in [0.25, 0.3) is 0 Å². The lowest BCUT2D eigenvalue weighted by Crippen LogP contribution is -2.29. The van der Waals surface area contributed by atoms with E-state index in [4.69, 9.17) is 4.74 Å². The van der Waals surface area contributed by atoms with Crippen molar-refractivity contribution < 1.29 is 14.3 Å². The van der Waals surface area contributed by atoms with Crippen LogP contribution in [0.5, 0.6) is 5.75 Å². The van der Waals surface area contributed by atoms with E-state index in [-0.39, 0.29) is 0 Å². The molecule has 0 aromatic heterocycles. The highest BCUT2D eigenvalue weighted by Gasteiger charge is 2.16. The van der Waals surface area contributed by atoms with E-state index in [0.29, 0.717) is 23.7 Å². The zero-order valence-electron chi connectivity index (χ0n) is 14.4. The molecule has 2 rings (SSSR count). The van der Waals surface area contributed by atoms with E-state index in [9.17, 15) is 9.59 Å². The van der Waals surface area contributed by atoms with Crippen molar-refractivity contribution in [2.45, 2.75) is 27.7 Å². The number of rotatable bonds is 4. The van der Waals surface area contributed by atoms with Crippen molar-refractivity contribution in [3.63, 3.8) is 0 Å². The molecule has 2 aromatic rings. The van der Waals surface area contributed by atoms with E-state index >= 15 is 0 Å². The Hall–Kier alpha value is -2.82. The van der Waals surface area contributed by atoms with Crippen molar-refractivity contribution in [2.24, 2.45) is 0 Å². The van der Waals surface area contributed by atoms with Gasteiger partial charge in [-0.1, -0.05) is 17.7 Å². The predicted molar refractivity (Wildman–Crippen MR) is 95.5 cm³/mol. The zero-order valence-corrected chi connectivity index (χ0v) is 14.4. The first-order valence-corrected chi connectivity index (χ1v) is 7.83. The van der Waals surface area contributed by atoms with Crippen LogP contribution in [0.1, 0.15) is 23.6 Å². The van der Waals surface area contributed by atoms with Crippen LogP contribution in [-0.4, -0.2) is 18.4 Å². The van der Waals surface area contributed by atoms with Crippen molar-refractivity contribution in [1.29, 1.82) is 0 Å². The van der Waals surface area contributed by atoms with E-state index in [1.165, 1.54) is 0 Å². The van der Waals surface area contributed by atoms with Crippen molar-refractivity contribution in [3.05, 3.63) is 53.1 Å². The number of hydrogen-bond acceptors (Lipinski definition) is 3. The largest absolute Gasteiger partial charge is 0.494 e. The number of carbonyl (C=O) groups is 2. The number of ether oxygens (including phenoxy) is 1. The van der Waals surface area contributed by atoms with Crippen LogP contribution in [0, 0.1) is 20.8 Å². The number of amides is 2. The minimum Gasteiger partial charge on any atom is -0.494 e. The molecule has 0 fully saturated rings. The number of nitrogens with one attached hydrogen (secondary N) is 2. The highest BCUT2D eigenvalue weighted by molar-refractivity contribution is 6.43. The molecule has 0 unspecified atom stereocenters. The Kier molecular flexibility index (Phi) is 5.58. The molecule has 2 amide bonds. The maximum atomic E-state index is 12.1. The second-order valence-corrected chi connectivity index (χ2v) is 5.64. The molecule has 24 heavy (non-hydrogen) atoms. The van der Waals surface area contributed by atoms with Crippen LogP contribution < -0.4 is 15.4 Å². The smallest absolute Gasteiger partial charge is 0.314 e. The van der Waals surface area contributed by atoms with Gasteiger partial charge < -0.3 is 15.4 Å². The summed E-state index contributed by atoms with van der Waals surface area (Å²) in [4.78, 5) is 24.2. The lowest BCUT2D eigenvalue weighted by Gasteiger charge is -2.13. The van der Waals surface area contributed by atoms with Crippen molar-refractivity contribution in [2.75, 3.05) is 17.2 Å². The maximum Gasteiger partial charge on any atom is 0.314 e. The number of carbonyl (C=O) groups excluding carboxylic acids is 2. The third kappa shape index (κ3) is 4.35. The first kappa shape index (κ1) is 17.5. The molecule has 0 radical (unpaired) electrons. The first-order valence-electron chi connectivity index (χ1n) is 7.83. The molecule has 2 aromatic carbocycles. The van der Waals surface area contributed by atoms with Crippen LogP contribution in [0.25, 0.3) is 0 Å². The Labute approximate surface area is 142 Å². The van der Waals surface area contributed by atoms with Crippen LogP contribution in [-0.2, 0) is 9.59 Å². The summed E-state index contributed by atoms with van der Waals surface area (Å²) in [5, 5.41) is 5.26. The van der Waals surface area contributed by atoms with Crippen LogP contribution in [0.4, 0.5) is 11.4 Å². The summed E-state index contributed by atoms with van der Waals surface area (Å²) in [5.74, 6) is -0.691. The Morgan fingerprint density at radius 3 is 2.00 bits per heavy atom. The highest BCUT2D eigenvalue weighted by atomic mass is 16.5. The lowest BCUT2D eigenvalue weighted by atomic mass is 10.1. The van der Waals surface area contributed by atoms with Gasteiger partial charge in [-0.25, -0.2) is 0 Å². The van der Waals surface area contributed by atoms with Gasteiger partial charge in [-0.2, -0.15) is 0 Å². The van der Waals surface area contributed by atoms with Gasteiger partial charge in [0.1, 0.15) is 5.75 Å². The average Bonchev–Trinajstić information content (AvgIpc) is 2.52. The summed E-state index contributed by atoms with van der Waals surface area (Å²) in [7, 11) is 0. The summed E-state index contributed by atoms with van der Waals surface area (Å²) >= 11 is 0. The second-order valence-electron chi connectivity index (χ2n) is 5.64. The molecule has 0 atom stereocenters. The molecule has 0 aliphatic carbocycles. The Bertz CT molecular complexity index is 729. The average molecular weight is 326 g/mol. The van der Waals surface area contributed by atoms with Gasteiger partial charge in [0.15, 0.2) is 0 Å². The van der Waals surface area contributed by atoms with E-state index in [0.717, 1.165) is 16.7 Å². The molecule has 0 spiro atoms. The van der Waals surface area contributed by atoms with Gasteiger partial charge in [-0.05, 0) is 63.1 Å². The van der Waals surface area contributed by atoms with Crippen molar-refractivity contribution >= 4 is 23.2 Å². The predicted octanol–water partition coefficient (Wildman–Crippen LogP) is 3.59. The summed E-state index contributed by atoms with van der Waals surface area (Å²) in [6.07, 6.45) is 0. The second kappa shape index (κ2) is 7.64. The van der Waals surface area contributed by atoms with Gasteiger partial charge in [-0.15, -0.1) is 0 Å². The van der Waals surface area contributed by atoms with E-state index in [1.807, 2.05) is 39.8 Å². The lowest BCUT2D eigenvalue weighted by molar-refractivity contribution is -0.133. The molecular formula is C19H22N2O3. The van der Waals surface area contributed by atoms with E-state index in [2.05, 4.69) is 10.6 Å². The first-order chi connectivity index (χ1) is 11.4. The minimum absolute atomic E-state index is 0.538. The topological polar surface area (TPSA) is 67.4 Å². The third-order valence-corrected chi connectivity index (χ3v) is 3.54. The third-order valence-electron chi connectivity index (χ3n) is 3.54. The molecule has 5 heteroatoms. The number of hydrogen-bond donors (Lipinski definition) is 2. The molecule has 2 N–H and O–H groups in total. The maximum absolute atomic E-state index is 12.1. The quantitative estimate of drug-likeness (QED) is 0.844. The molecule has 0 saturated heterocycles. The molecular weight excluding hydrogens is 304 g/mol. The molecule has 5 nitrogen and oxygen atoms in total. The number of anilines is 2. The van der Waals surface area contributed by atoms with Gasteiger partial charge in [-0.3, -0.25) is 9.59 Å². The van der Waals surface area contributed by atoms with Gasteiger partial charge in [0.2, 0.25) is 0 Å². The highest BCUT2D eigenvalue weighted by Crippen LogP contribution is 2.22. The molecule has 0 aliphatic rings. The minimum atomic E-state index is -0.710. The Morgan fingerprint density at radius 1 is 0.917 bits per heavy atom. The molecule has 0 aliphatic heterocycles. The fourth-order valence-corrected chi connectivity index (χ4v) is 2.54. The monoisotopic (exact) mass is 326 g/mol. The molecule has 126 valence electrons. The Balaban J connectivity index is 2.03. The van der Waals surface area contributed by atoms with Crippen LogP contribution >= 0.6 is 0 Å². The number of benzene rings is 2. The number of aryl methyl sites for hydroxylation is 3. The van der Waals surface area contributed by atoms with Gasteiger partial charge in [0.05, 0.1) is 6.61 Å². The van der Waals surface area contributed by atoms with E-state index in [1.54, 1.807) is 24.3 Å². The Morgan fingerprint density at radius 2 is 1.46 bits per heavy atom. The molecule has 0 bridgehead atoms. The fraction of sp³-hybridized carbons (Fsp3) is 0.263. The fourth-order valence-electron chi connectivity index (χ4n) is 2.54. The summed E-state index contributed by atoms with van der Waals surface area (Å²) in [6, 6.07) is 10.8. The summed E-state index contributed by atoms with van der Waals surface area (Å²) in [5.41, 5.74) is 4.18. The van der Waals surface area contributed by atoms with Gasteiger partial charge in [0, 0.05) is 11.4 Å². The summed E-state index contributed by atoms with van der Waals surface area (Å²) in [6.45, 7) is 8.27. The van der Waals surface area contributed by atoms with E-state index < -0.39 is 11.8 Å². The van der Waals surface area contributed by atoms with Gasteiger partial charge >= 0.3 is 11.8 Å². The van der Waals surface area contributed by atoms with Crippen molar-refractivity contribution in [1.82, 2.24) is 0 Å². The molecule has 0 saturated carbocycles. The molecule has 0 heterocycles. The summed E-state index contributed by atoms with van der Waals surface area (Å²) < 4.78 is 5.34.